The zero-order valence-electron chi connectivity index (χ0n) is 20.8. The van der Waals surface area contributed by atoms with Gasteiger partial charge in [0.2, 0.25) is 5.78 Å². The quantitative estimate of drug-likeness (QED) is 0.207. The van der Waals surface area contributed by atoms with E-state index < -0.39 is 69.8 Å². The Balaban J connectivity index is 1.90. The maximum absolute atomic E-state index is 13.8. The predicted molar refractivity (Wildman–Crippen MR) is 129 cm³/mol. The molecule has 11 nitrogen and oxygen atoms in total. The van der Waals surface area contributed by atoms with Crippen molar-refractivity contribution in [1.29, 1.82) is 0 Å². The third-order valence-corrected chi connectivity index (χ3v) is 7.56. The number of amides is 1. The van der Waals surface area contributed by atoms with E-state index in [4.69, 9.17) is 10.5 Å². The van der Waals surface area contributed by atoms with Crippen LogP contribution in [0.2, 0.25) is 0 Å². The summed E-state index contributed by atoms with van der Waals surface area (Å²) in [7, 11) is 3.05. The largest absolute Gasteiger partial charge is 0.508 e. The zero-order chi connectivity index (χ0) is 27.4. The van der Waals surface area contributed by atoms with Gasteiger partial charge in [0.05, 0.1) is 23.8 Å². The summed E-state index contributed by atoms with van der Waals surface area (Å²) in [6.45, 7) is 2.13. The molecule has 0 bridgehead atoms. The number of unbranched alkanes of at least 4 members (excludes halogenated alkanes) is 1. The maximum atomic E-state index is 13.8. The van der Waals surface area contributed by atoms with Crippen molar-refractivity contribution < 1.29 is 44.3 Å². The molecule has 0 spiro atoms. The smallest absolute Gasteiger partial charge is 0.338 e. The summed E-state index contributed by atoms with van der Waals surface area (Å²) in [6.07, 6.45) is 1.42. The number of esters is 1. The van der Waals surface area contributed by atoms with E-state index in [1.807, 2.05) is 6.92 Å². The number of carbonyl (C=O) groups is 4. The third-order valence-electron chi connectivity index (χ3n) is 7.56. The highest BCUT2D eigenvalue weighted by Gasteiger charge is 2.64. The van der Waals surface area contributed by atoms with Gasteiger partial charge in [-0.1, -0.05) is 13.3 Å². The molecule has 0 aliphatic heterocycles. The fourth-order valence-electron chi connectivity index (χ4n) is 5.82. The van der Waals surface area contributed by atoms with Gasteiger partial charge in [-0.3, -0.25) is 19.3 Å². The standard InChI is InChI=1S/C26H30N2O9/c1-4-5-8-37-25(35)12-6-7-15(29)17-13(12)9-11-10-14-19(28(2)3)21(31)18(24(27)34)23(33)26(14,36)22(32)16(11)20(17)30/h6-7,11,14,19,29-30,33,36H,4-5,8-10H2,1-3H3,(H2,27,34)/t11-,14-,19?,26?/m1/s1. The minimum Gasteiger partial charge on any atom is -0.508 e. The Kier molecular flexibility index (Phi) is 6.63. The number of fused-ring (bicyclic) bond motifs is 3. The van der Waals surface area contributed by atoms with Crippen molar-refractivity contribution >= 4 is 29.2 Å². The average Bonchev–Trinajstić information content (AvgIpc) is 2.81. The highest BCUT2D eigenvalue weighted by molar-refractivity contribution is 6.24. The van der Waals surface area contributed by atoms with Crippen molar-refractivity contribution in [3.8, 4) is 5.75 Å². The number of nitrogens with two attached hydrogens (primary N) is 1. The Morgan fingerprint density at radius 3 is 2.46 bits per heavy atom. The molecule has 0 radical (unpaired) electrons. The van der Waals surface area contributed by atoms with E-state index in [9.17, 15) is 39.6 Å². The van der Waals surface area contributed by atoms with Crippen LogP contribution in [-0.2, 0) is 25.5 Å². The number of hydrogen-bond donors (Lipinski definition) is 5. The van der Waals surface area contributed by atoms with Gasteiger partial charge < -0.3 is 30.9 Å². The number of aliphatic hydroxyl groups excluding tert-OH is 2. The molecular formula is C26H30N2O9. The van der Waals surface area contributed by atoms with Crippen LogP contribution < -0.4 is 5.73 Å². The summed E-state index contributed by atoms with van der Waals surface area (Å²) < 4.78 is 5.32. The molecule has 198 valence electrons. The molecule has 0 saturated heterocycles. The van der Waals surface area contributed by atoms with Crippen LogP contribution in [0.4, 0.5) is 0 Å². The summed E-state index contributed by atoms with van der Waals surface area (Å²) in [6, 6.07) is 1.39. The van der Waals surface area contributed by atoms with Crippen molar-refractivity contribution in [2.24, 2.45) is 17.6 Å². The number of ether oxygens (including phenoxy) is 1. The molecule has 3 aliphatic rings. The second kappa shape index (κ2) is 9.31. The topological polar surface area (TPSA) is 188 Å². The molecule has 1 aromatic carbocycles. The monoisotopic (exact) mass is 514 g/mol. The molecule has 4 atom stereocenters. The lowest BCUT2D eigenvalue weighted by atomic mass is 9.57. The maximum Gasteiger partial charge on any atom is 0.338 e. The lowest BCUT2D eigenvalue weighted by Gasteiger charge is -2.50. The molecule has 1 saturated carbocycles. The van der Waals surface area contributed by atoms with Gasteiger partial charge in [0, 0.05) is 11.5 Å². The van der Waals surface area contributed by atoms with Crippen LogP contribution in [0.25, 0.3) is 5.76 Å². The summed E-state index contributed by atoms with van der Waals surface area (Å²) in [5, 5.41) is 44.2. The van der Waals surface area contributed by atoms with E-state index in [0.717, 1.165) is 6.42 Å². The number of carbonyl (C=O) groups excluding carboxylic acids is 4. The fourth-order valence-corrected chi connectivity index (χ4v) is 5.82. The Bertz CT molecular complexity index is 1280. The number of ketones is 2. The predicted octanol–water partition coefficient (Wildman–Crippen LogP) is 0.921. The number of phenolic OH excluding ortho intramolecular Hbond substituents is 1. The highest BCUT2D eigenvalue weighted by atomic mass is 16.5. The second-order valence-electron chi connectivity index (χ2n) is 9.94. The van der Waals surface area contributed by atoms with Crippen molar-refractivity contribution in [3.05, 3.63) is 45.7 Å². The number of Topliss-reactive ketones (excluding diaryl/α,β-unsaturated/α-hetero) is 2. The molecule has 1 aromatic rings. The lowest BCUT2D eigenvalue weighted by Crippen LogP contribution is -2.65. The van der Waals surface area contributed by atoms with E-state index in [0.29, 0.717) is 6.42 Å². The van der Waals surface area contributed by atoms with Gasteiger partial charge in [0.15, 0.2) is 11.4 Å². The van der Waals surface area contributed by atoms with Crippen LogP contribution >= 0.6 is 0 Å². The summed E-state index contributed by atoms with van der Waals surface area (Å²) >= 11 is 0. The van der Waals surface area contributed by atoms with Gasteiger partial charge in [-0.25, -0.2) is 4.79 Å². The van der Waals surface area contributed by atoms with Crippen molar-refractivity contribution in [3.63, 3.8) is 0 Å². The number of rotatable bonds is 6. The highest BCUT2D eigenvalue weighted by Crippen LogP contribution is 2.52. The Labute approximate surface area is 212 Å². The van der Waals surface area contributed by atoms with Crippen LogP contribution in [0.3, 0.4) is 0 Å². The van der Waals surface area contributed by atoms with Gasteiger partial charge in [-0.2, -0.15) is 0 Å². The van der Waals surface area contributed by atoms with Crippen LogP contribution in [0.1, 0.15) is 47.7 Å². The second-order valence-corrected chi connectivity index (χ2v) is 9.94. The Hall–Kier alpha value is -3.70. The molecule has 1 amide bonds. The first kappa shape index (κ1) is 26.4. The summed E-state index contributed by atoms with van der Waals surface area (Å²) in [4.78, 5) is 53.1. The van der Waals surface area contributed by atoms with Gasteiger partial charge in [-0.05, 0) is 57.0 Å². The average molecular weight is 515 g/mol. The Morgan fingerprint density at radius 2 is 1.86 bits per heavy atom. The molecule has 4 rings (SSSR count). The molecule has 11 heteroatoms. The number of hydrogen-bond acceptors (Lipinski definition) is 10. The molecule has 1 fully saturated rings. The fraction of sp³-hybridized carbons (Fsp3) is 0.462. The number of benzene rings is 1. The third kappa shape index (κ3) is 3.80. The summed E-state index contributed by atoms with van der Waals surface area (Å²) in [5.41, 5.74) is 1.68. The molecule has 2 unspecified atom stereocenters. The molecular weight excluding hydrogens is 484 g/mol. The van der Waals surface area contributed by atoms with E-state index in [-0.39, 0.29) is 41.7 Å². The van der Waals surface area contributed by atoms with Crippen LogP contribution in [0.15, 0.2) is 29.0 Å². The first-order valence-electron chi connectivity index (χ1n) is 12.0. The van der Waals surface area contributed by atoms with Gasteiger partial charge in [-0.15, -0.1) is 0 Å². The van der Waals surface area contributed by atoms with Crippen molar-refractivity contribution in [2.45, 2.75) is 44.2 Å². The normalized spacial score (nSPS) is 27.1. The number of primary amides is 1. The molecule has 3 aliphatic carbocycles. The number of aromatic hydroxyl groups is 1. The molecule has 0 aromatic heterocycles. The van der Waals surface area contributed by atoms with Crippen LogP contribution in [0, 0.1) is 11.8 Å². The SMILES string of the molecule is CCCCOC(=O)c1ccc(O)c2c1C[C@@H]1C[C@@H]3C(N(C)C)C(=O)C(C(N)=O)=C(O)C3(O)C(=O)C1=C2O. The van der Waals surface area contributed by atoms with E-state index in [1.165, 1.54) is 31.1 Å². The minimum atomic E-state index is -2.71. The number of nitrogens with zero attached hydrogens (tertiary/aromatic N) is 1. The molecule has 6 N–H and O–H groups in total. The molecule has 37 heavy (non-hydrogen) atoms. The van der Waals surface area contributed by atoms with E-state index >= 15 is 0 Å². The van der Waals surface area contributed by atoms with E-state index in [2.05, 4.69) is 0 Å². The molecule has 0 heterocycles. The first-order chi connectivity index (χ1) is 17.4. The van der Waals surface area contributed by atoms with Gasteiger partial charge in [0.25, 0.3) is 5.91 Å². The number of phenols is 1. The number of likely N-dealkylation sites (N-methyl/N-ethyl adjacent to an activating group) is 1. The van der Waals surface area contributed by atoms with Gasteiger partial charge >= 0.3 is 5.97 Å². The minimum absolute atomic E-state index is 0.0150. The zero-order valence-corrected chi connectivity index (χ0v) is 20.8. The first-order valence-corrected chi connectivity index (χ1v) is 12.0. The van der Waals surface area contributed by atoms with Gasteiger partial charge in [0.1, 0.15) is 22.8 Å². The summed E-state index contributed by atoms with van der Waals surface area (Å²) in [5.74, 6) is -8.05. The van der Waals surface area contributed by atoms with Crippen molar-refractivity contribution in [2.75, 3.05) is 20.7 Å². The van der Waals surface area contributed by atoms with E-state index in [1.54, 1.807) is 0 Å². The van der Waals surface area contributed by atoms with Crippen molar-refractivity contribution in [1.82, 2.24) is 4.90 Å². The van der Waals surface area contributed by atoms with Crippen LogP contribution in [-0.4, -0.2) is 81.1 Å². The lowest BCUT2D eigenvalue weighted by molar-refractivity contribution is -0.153. The number of aliphatic hydroxyl groups is 3. The Morgan fingerprint density at radius 1 is 1.19 bits per heavy atom. The van der Waals surface area contributed by atoms with Crippen LogP contribution in [0.5, 0.6) is 5.75 Å².